The molecule has 1 aliphatic heterocycles. The number of benzene rings is 2. The number of sulfonamides is 1. The van der Waals surface area contributed by atoms with Gasteiger partial charge >= 0.3 is 0 Å². The lowest BCUT2D eigenvalue weighted by atomic mass is 10.1. The molecule has 2 heterocycles. The van der Waals surface area contributed by atoms with Crippen LogP contribution in [-0.2, 0) is 23.0 Å². The van der Waals surface area contributed by atoms with Crippen LogP contribution in [0.4, 0.5) is 5.69 Å². The van der Waals surface area contributed by atoms with Crippen molar-refractivity contribution in [3.63, 3.8) is 0 Å². The Morgan fingerprint density at radius 1 is 1.06 bits per heavy atom. The summed E-state index contributed by atoms with van der Waals surface area (Å²) in [5, 5.41) is 6.21. The molecule has 8 heteroatoms. The number of amides is 1. The van der Waals surface area contributed by atoms with Crippen molar-refractivity contribution in [3.05, 3.63) is 93.0 Å². The Balaban J connectivity index is 1.25. The van der Waals surface area contributed by atoms with Crippen molar-refractivity contribution in [1.29, 1.82) is 0 Å². The van der Waals surface area contributed by atoms with Gasteiger partial charge < -0.3 is 5.32 Å². The van der Waals surface area contributed by atoms with Gasteiger partial charge in [0.05, 0.1) is 5.41 Å². The van der Waals surface area contributed by atoms with Gasteiger partial charge in [0.15, 0.2) is 0 Å². The molecular formula is C24H25N3O3S2. The van der Waals surface area contributed by atoms with Crippen molar-refractivity contribution in [2.24, 2.45) is 0 Å². The van der Waals surface area contributed by atoms with Crippen LogP contribution in [0, 0.1) is 0 Å². The SMILES string of the molecule is O=C(NCCN1CCc2sccc2C1)c1ccc(NS(=O)(=O)/C=C/c2ccccc2)cc1. The molecule has 0 bridgehead atoms. The van der Waals surface area contributed by atoms with Crippen LogP contribution in [-0.4, -0.2) is 38.9 Å². The van der Waals surface area contributed by atoms with E-state index < -0.39 is 10.0 Å². The Kier molecular flexibility index (Phi) is 7.04. The number of hydrogen-bond donors (Lipinski definition) is 2. The van der Waals surface area contributed by atoms with Crippen LogP contribution in [0.25, 0.3) is 6.08 Å². The highest BCUT2D eigenvalue weighted by atomic mass is 32.2. The standard InChI is InChI=1S/C24H25N3O3S2/c28-24(25-13-15-27-14-10-23-21(18-27)11-16-31-23)20-6-8-22(9-7-20)26-32(29,30)17-12-19-4-2-1-3-5-19/h1-9,11-12,16-17,26H,10,13-15,18H2,(H,25,28)/b17-12+. The molecule has 4 rings (SSSR count). The number of thiophene rings is 1. The molecule has 0 aliphatic carbocycles. The Labute approximate surface area is 192 Å². The largest absolute Gasteiger partial charge is 0.351 e. The summed E-state index contributed by atoms with van der Waals surface area (Å²) in [4.78, 5) is 16.2. The number of rotatable bonds is 8. The molecular weight excluding hydrogens is 442 g/mol. The molecule has 0 unspecified atom stereocenters. The molecule has 0 radical (unpaired) electrons. The van der Waals surface area contributed by atoms with E-state index in [9.17, 15) is 13.2 Å². The first-order valence-corrected chi connectivity index (χ1v) is 12.8. The fourth-order valence-corrected chi connectivity index (χ4v) is 5.31. The quantitative estimate of drug-likeness (QED) is 0.526. The van der Waals surface area contributed by atoms with Crippen molar-refractivity contribution in [2.75, 3.05) is 24.4 Å². The maximum atomic E-state index is 12.4. The van der Waals surface area contributed by atoms with Crippen molar-refractivity contribution >= 4 is 39.0 Å². The highest BCUT2D eigenvalue weighted by Crippen LogP contribution is 2.23. The van der Waals surface area contributed by atoms with E-state index in [1.165, 1.54) is 16.5 Å². The number of anilines is 1. The van der Waals surface area contributed by atoms with Gasteiger partial charge in [-0.3, -0.25) is 14.4 Å². The topological polar surface area (TPSA) is 78.5 Å². The lowest BCUT2D eigenvalue weighted by Crippen LogP contribution is -2.37. The predicted octanol–water partition coefficient (Wildman–Crippen LogP) is 3.95. The second-order valence-corrected chi connectivity index (χ2v) is 10.2. The zero-order valence-corrected chi connectivity index (χ0v) is 19.2. The average molecular weight is 468 g/mol. The summed E-state index contributed by atoms with van der Waals surface area (Å²) in [6.07, 6.45) is 2.60. The molecule has 0 saturated heterocycles. The minimum Gasteiger partial charge on any atom is -0.351 e. The lowest BCUT2D eigenvalue weighted by Gasteiger charge is -2.26. The van der Waals surface area contributed by atoms with Crippen LogP contribution in [0.3, 0.4) is 0 Å². The number of fused-ring (bicyclic) bond motifs is 1. The fraction of sp³-hybridized carbons (Fsp3) is 0.208. The summed E-state index contributed by atoms with van der Waals surface area (Å²) < 4.78 is 27.0. The first kappa shape index (κ1) is 22.3. The Morgan fingerprint density at radius 2 is 1.84 bits per heavy atom. The van der Waals surface area contributed by atoms with E-state index in [0.29, 0.717) is 17.8 Å². The summed E-state index contributed by atoms with van der Waals surface area (Å²) in [5.41, 5.74) is 3.08. The molecule has 0 spiro atoms. The number of nitrogens with zero attached hydrogens (tertiary/aromatic N) is 1. The summed E-state index contributed by atoms with van der Waals surface area (Å²) in [5.74, 6) is -0.170. The van der Waals surface area contributed by atoms with E-state index in [1.54, 1.807) is 24.3 Å². The summed E-state index contributed by atoms with van der Waals surface area (Å²) in [7, 11) is -3.65. The van der Waals surface area contributed by atoms with E-state index in [1.807, 2.05) is 41.7 Å². The third-order valence-electron chi connectivity index (χ3n) is 5.25. The lowest BCUT2D eigenvalue weighted by molar-refractivity contribution is 0.0947. The molecule has 2 aromatic carbocycles. The van der Waals surface area contributed by atoms with Crippen LogP contribution < -0.4 is 10.0 Å². The number of hydrogen-bond acceptors (Lipinski definition) is 5. The predicted molar refractivity (Wildman–Crippen MR) is 130 cm³/mol. The summed E-state index contributed by atoms with van der Waals surface area (Å²) >= 11 is 1.82. The maximum absolute atomic E-state index is 12.4. The minimum atomic E-state index is -3.65. The molecule has 1 aliphatic rings. The van der Waals surface area contributed by atoms with Crippen LogP contribution in [0.1, 0.15) is 26.4 Å². The molecule has 0 atom stereocenters. The fourth-order valence-electron chi connectivity index (χ4n) is 3.55. The molecule has 3 aromatic rings. The van der Waals surface area contributed by atoms with E-state index in [0.717, 1.165) is 37.0 Å². The Morgan fingerprint density at radius 3 is 2.62 bits per heavy atom. The van der Waals surface area contributed by atoms with Gasteiger partial charge in [-0.1, -0.05) is 30.3 Å². The van der Waals surface area contributed by atoms with E-state index >= 15 is 0 Å². The second kappa shape index (κ2) is 10.1. The first-order chi connectivity index (χ1) is 15.5. The van der Waals surface area contributed by atoms with E-state index in [4.69, 9.17) is 0 Å². The summed E-state index contributed by atoms with van der Waals surface area (Å²) in [6.45, 7) is 3.31. The number of nitrogens with one attached hydrogen (secondary N) is 2. The molecule has 0 saturated carbocycles. The normalized spacial score (nSPS) is 14.2. The number of carbonyl (C=O) groups excluding carboxylic acids is 1. The molecule has 32 heavy (non-hydrogen) atoms. The third-order valence-corrected chi connectivity index (χ3v) is 7.28. The van der Waals surface area contributed by atoms with Gasteiger partial charge in [-0.05, 0) is 59.3 Å². The molecule has 166 valence electrons. The van der Waals surface area contributed by atoms with Crippen molar-refractivity contribution < 1.29 is 13.2 Å². The molecule has 0 fully saturated rings. The van der Waals surface area contributed by atoms with Crippen LogP contribution >= 0.6 is 11.3 Å². The van der Waals surface area contributed by atoms with Gasteiger partial charge in [-0.15, -0.1) is 11.3 Å². The van der Waals surface area contributed by atoms with Gasteiger partial charge in [0.1, 0.15) is 0 Å². The smallest absolute Gasteiger partial charge is 0.255 e. The van der Waals surface area contributed by atoms with Gasteiger partial charge in [0.2, 0.25) is 0 Å². The molecule has 6 nitrogen and oxygen atoms in total. The van der Waals surface area contributed by atoms with Gasteiger partial charge in [0, 0.05) is 42.3 Å². The van der Waals surface area contributed by atoms with Gasteiger partial charge in [0.25, 0.3) is 15.9 Å². The third kappa shape index (κ3) is 6.06. The zero-order chi connectivity index (χ0) is 22.4. The highest BCUT2D eigenvalue weighted by Gasteiger charge is 2.17. The molecule has 1 aromatic heterocycles. The Bertz CT molecular complexity index is 1190. The Hall–Kier alpha value is -2.94. The maximum Gasteiger partial charge on any atom is 0.255 e. The van der Waals surface area contributed by atoms with Gasteiger partial charge in [-0.2, -0.15) is 0 Å². The molecule has 2 N–H and O–H groups in total. The van der Waals surface area contributed by atoms with Crippen molar-refractivity contribution in [3.8, 4) is 0 Å². The molecule has 1 amide bonds. The van der Waals surface area contributed by atoms with Crippen LogP contribution in [0.2, 0.25) is 0 Å². The average Bonchev–Trinajstić information content (AvgIpc) is 3.27. The minimum absolute atomic E-state index is 0.170. The first-order valence-electron chi connectivity index (χ1n) is 10.4. The van der Waals surface area contributed by atoms with Crippen LogP contribution in [0.15, 0.2) is 71.5 Å². The zero-order valence-electron chi connectivity index (χ0n) is 17.5. The van der Waals surface area contributed by atoms with Crippen molar-refractivity contribution in [1.82, 2.24) is 10.2 Å². The number of carbonyl (C=O) groups is 1. The monoisotopic (exact) mass is 467 g/mol. The highest BCUT2D eigenvalue weighted by molar-refractivity contribution is 7.95. The summed E-state index contributed by atoms with van der Waals surface area (Å²) in [6, 6.07) is 17.8. The second-order valence-electron chi connectivity index (χ2n) is 7.59. The van der Waals surface area contributed by atoms with Crippen molar-refractivity contribution in [2.45, 2.75) is 13.0 Å². The van der Waals surface area contributed by atoms with E-state index in [-0.39, 0.29) is 5.91 Å². The van der Waals surface area contributed by atoms with Gasteiger partial charge in [-0.25, -0.2) is 8.42 Å². The van der Waals surface area contributed by atoms with Crippen LogP contribution in [0.5, 0.6) is 0 Å². The van der Waals surface area contributed by atoms with E-state index in [2.05, 4.69) is 26.4 Å².